The second kappa shape index (κ2) is 7.63. The van der Waals surface area contributed by atoms with E-state index in [9.17, 15) is 0 Å². The Kier molecular flexibility index (Phi) is 6.10. The van der Waals surface area contributed by atoms with Gasteiger partial charge in [0.1, 0.15) is 11.5 Å². The van der Waals surface area contributed by atoms with Crippen molar-refractivity contribution in [3.05, 3.63) is 23.8 Å². The summed E-state index contributed by atoms with van der Waals surface area (Å²) in [6.45, 7) is 4.57. The monoisotopic (exact) mass is 328 g/mol. The van der Waals surface area contributed by atoms with Gasteiger partial charge in [-0.1, -0.05) is 13.8 Å². The molecule has 4 atom stereocenters. The van der Waals surface area contributed by atoms with E-state index in [1.807, 2.05) is 41.7 Å². The van der Waals surface area contributed by atoms with Crippen molar-refractivity contribution >= 4 is 23.5 Å². The number of rotatable bonds is 5. The molecule has 0 radical (unpaired) electrons. The SMILES string of the molecule is COc1ccc(OC)c(C(NN)C2CSC(C)C(C)S2)c1. The van der Waals surface area contributed by atoms with E-state index in [1.165, 1.54) is 0 Å². The maximum Gasteiger partial charge on any atom is 0.123 e. The quantitative estimate of drug-likeness (QED) is 0.640. The molecule has 21 heavy (non-hydrogen) atoms. The summed E-state index contributed by atoms with van der Waals surface area (Å²) in [5.74, 6) is 8.60. The first kappa shape index (κ1) is 16.8. The molecule has 1 aliphatic rings. The fourth-order valence-corrected chi connectivity index (χ4v) is 5.55. The molecule has 118 valence electrons. The minimum atomic E-state index is 0.0440. The molecule has 1 aromatic carbocycles. The van der Waals surface area contributed by atoms with Gasteiger partial charge in [-0.05, 0) is 18.2 Å². The van der Waals surface area contributed by atoms with Crippen molar-refractivity contribution < 1.29 is 9.47 Å². The summed E-state index contributed by atoms with van der Waals surface area (Å²) in [7, 11) is 3.36. The summed E-state index contributed by atoms with van der Waals surface area (Å²) in [6.07, 6.45) is 0. The molecule has 6 heteroatoms. The molecule has 4 nitrogen and oxygen atoms in total. The van der Waals surface area contributed by atoms with Crippen LogP contribution >= 0.6 is 23.5 Å². The zero-order valence-corrected chi connectivity index (χ0v) is 14.6. The van der Waals surface area contributed by atoms with Gasteiger partial charge >= 0.3 is 0 Å². The molecule has 3 N–H and O–H groups in total. The maximum absolute atomic E-state index is 5.86. The second-order valence-corrected chi connectivity index (χ2v) is 8.20. The topological polar surface area (TPSA) is 56.5 Å². The molecule has 0 saturated carbocycles. The first-order valence-corrected chi connectivity index (χ1v) is 9.05. The minimum Gasteiger partial charge on any atom is -0.497 e. The lowest BCUT2D eigenvalue weighted by atomic mass is 10.0. The number of ether oxygens (including phenoxy) is 2. The number of nitrogens with two attached hydrogens (primary N) is 1. The number of hydrogen-bond acceptors (Lipinski definition) is 6. The van der Waals surface area contributed by atoms with Gasteiger partial charge in [0.25, 0.3) is 0 Å². The molecule has 0 spiro atoms. The predicted octanol–water partition coefficient (Wildman–Crippen LogP) is 2.83. The second-order valence-electron chi connectivity index (χ2n) is 5.17. The lowest BCUT2D eigenvalue weighted by Gasteiger charge is -2.36. The number of benzene rings is 1. The third kappa shape index (κ3) is 3.80. The van der Waals surface area contributed by atoms with Crippen LogP contribution in [0.25, 0.3) is 0 Å². The zero-order chi connectivity index (χ0) is 15.4. The van der Waals surface area contributed by atoms with Gasteiger partial charge in [0.15, 0.2) is 0 Å². The Hall–Kier alpha value is -0.560. The van der Waals surface area contributed by atoms with Crippen molar-refractivity contribution in [3.63, 3.8) is 0 Å². The molecule has 1 aliphatic heterocycles. The molecule has 1 saturated heterocycles. The Morgan fingerprint density at radius 2 is 2.00 bits per heavy atom. The van der Waals surface area contributed by atoms with Gasteiger partial charge in [-0.2, -0.15) is 23.5 Å². The normalized spacial score (nSPS) is 27.2. The van der Waals surface area contributed by atoms with Gasteiger partial charge in [-0.3, -0.25) is 11.3 Å². The van der Waals surface area contributed by atoms with Gasteiger partial charge < -0.3 is 9.47 Å². The third-order valence-electron chi connectivity index (χ3n) is 3.90. The van der Waals surface area contributed by atoms with Crippen molar-refractivity contribution in [1.82, 2.24) is 5.43 Å². The number of thioether (sulfide) groups is 2. The zero-order valence-electron chi connectivity index (χ0n) is 13.0. The van der Waals surface area contributed by atoms with Crippen LogP contribution in [0.4, 0.5) is 0 Å². The van der Waals surface area contributed by atoms with Gasteiger partial charge in [-0.15, -0.1) is 0 Å². The molecular formula is C15H24N2O2S2. The highest BCUT2D eigenvalue weighted by atomic mass is 32.2. The summed E-state index contributed by atoms with van der Waals surface area (Å²) >= 11 is 4.00. The van der Waals surface area contributed by atoms with Crippen LogP contribution in [0.3, 0.4) is 0 Å². The molecule has 0 aliphatic carbocycles. The van der Waals surface area contributed by atoms with Gasteiger partial charge in [0.05, 0.1) is 20.3 Å². The third-order valence-corrected chi connectivity index (χ3v) is 7.39. The molecule has 2 rings (SSSR count). The molecule has 0 amide bonds. The lowest BCUT2D eigenvalue weighted by Crippen LogP contribution is -2.40. The van der Waals surface area contributed by atoms with Crippen molar-refractivity contribution in [2.24, 2.45) is 5.84 Å². The standard InChI is InChI=1S/C15H24N2O2S2/c1-9-10(2)21-14(8-20-9)15(17-16)12-7-11(18-3)5-6-13(12)19-4/h5-7,9-10,14-15,17H,8,16H2,1-4H3. The largest absolute Gasteiger partial charge is 0.497 e. The van der Waals surface area contributed by atoms with E-state index in [0.717, 1.165) is 22.8 Å². The first-order chi connectivity index (χ1) is 10.1. The molecule has 4 unspecified atom stereocenters. The Morgan fingerprint density at radius 3 is 2.57 bits per heavy atom. The van der Waals surface area contributed by atoms with Crippen molar-refractivity contribution in [2.75, 3.05) is 20.0 Å². The highest BCUT2D eigenvalue weighted by Gasteiger charge is 2.33. The average Bonchev–Trinajstić information content (AvgIpc) is 2.51. The predicted molar refractivity (Wildman–Crippen MR) is 92.4 cm³/mol. The number of nitrogens with one attached hydrogen (secondary N) is 1. The fourth-order valence-electron chi connectivity index (χ4n) is 2.46. The van der Waals surface area contributed by atoms with Crippen molar-refractivity contribution in [1.29, 1.82) is 0 Å². The molecule has 1 heterocycles. The lowest BCUT2D eigenvalue weighted by molar-refractivity contribution is 0.389. The Balaban J connectivity index is 2.28. The van der Waals surface area contributed by atoms with Crippen LogP contribution in [-0.4, -0.2) is 35.7 Å². The Labute approximate surface area is 135 Å². The maximum atomic E-state index is 5.86. The summed E-state index contributed by atoms with van der Waals surface area (Å²) in [5, 5.41) is 1.70. The number of hydrogen-bond donors (Lipinski definition) is 2. The van der Waals surface area contributed by atoms with Crippen LogP contribution in [0.5, 0.6) is 11.5 Å². The van der Waals surface area contributed by atoms with Crippen LogP contribution in [0.2, 0.25) is 0 Å². The van der Waals surface area contributed by atoms with Crippen LogP contribution in [0, 0.1) is 0 Å². The van der Waals surface area contributed by atoms with E-state index < -0.39 is 0 Å². The summed E-state index contributed by atoms with van der Waals surface area (Å²) in [5.41, 5.74) is 4.03. The molecule has 1 fully saturated rings. The Morgan fingerprint density at radius 1 is 1.24 bits per heavy atom. The summed E-state index contributed by atoms with van der Waals surface area (Å²) in [6, 6.07) is 5.90. The molecule has 0 bridgehead atoms. The van der Waals surface area contributed by atoms with E-state index in [2.05, 4.69) is 19.3 Å². The van der Waals surface area contributed by atoms with E-state index in [4.69, 9.17) is 15.3 Å². The van der Waals surface area contributed by atoms with E-state index in [0.29, 0.717) is 15.7 Å². The van der Waals surface area contributed by atoms with E-state index in [1.54, 1.807) is 14.2 Å². The van der Waals surface area contributed by atoms with E-state index in [-0.39, 0.29) is 6.04 Å². The van der Waals surface area contributed by atoms with Crippen LogP contribution < -0.4 is 20.7 Å². The van der Waals surface area contributed by atoms with Crippen LogP contribution in [-0.2, 0) is 0 Å². The number of methoxy groups -OCH3 is 2. The van der Waals surface area contributed by atoms with Crippen LogP contribution in [0.1, 0.15) is 25.5 Å². The van der Waals surface area contributed by atoms with Gasteiger partial charge in [-0.25, -0.2) is 0 Å². The summed E-state index contributed by atoms with van der Waals surface area (Å²) < 4.78 is 10.8. The molecule has 0 aromatic heterocycles. The minimum absolute atomic E-state index is 0.0440. The van der Waals surface area contributed by atoms with Crippen LogP contribution in [0.15, 0.2) is 18.2 Å². The molecule has 1 aromatic rings. The van der Waals surface area contributed by atoms with Crippen molar-refractivity contribution in [3.8, 4) is 11.5 Å². The van der Waals surface area contributed by atoms with Gasteiger partial charge in [0, 0.05) is 27.1 Å². The van der Waals surface area contributed by atoms with E-state index >= 15 is 0 Å². The van der Waals surface area contributed by atoms with Gasteiger partial charge in [0.2, 0.25) is 0 Å². The smallest absolute Gasteiger partial charge is 0.123 e. The average molecular weight is 329 g/mol. The summed E-state index contributed by atoms with van der Waals surface area (Å²) in [4.78, 5) is 0. The first-order valence-electron chi connectivity index (χ1n) is 7.05. The number of hydrazine groups is 1. The highest BCUT2D eigenvalue weighted by Crippen LogP contribution is 2.43. The fraction of sp³-hybridized carbons (Fsp3) is 0.600. The molecular weight excluding hydrogens is 304 g/mol. The highest BCUT2D eigenvalue weighted by molar-refractivity contribution is 8.07. The Bertz CT molecular complexity index is 473. The van der Waals surface area contributed by atoms with Crippen molar-refractivity contribution in [2.45, 2.75) is 35.6 Å².